The average Bonchev–Trinajstić information content (AvgIpc) is 2.66. The molecule has 0 aromatic heterocycles. The molecule has 2 N–H and O–H groups in total. The lowest BCUT2D eigenvalue weighted by atomic mass is 10.2. The summed E-state index contributed by atoms with van der Waals surface area (Å²) in [7, 11) is -0.863. The molecule has 1 heterocycles. The second-order valence-corrected chi connectivity index (χ2v) is 5.51. The number of rotatable bonds is 4. The fraction of sp³-hybridized carbons (Fsp3) is 0.889. The standard InChI is InChI=1S/C9H18N2O2S/c1-7(14(2)13)6-11-9(12)8-4-3-5-10-8/h7-8,10H,3-6H2,1-2H3,(H,11,12)/t7?,8-,14?/m0/s1. The van der Waals surface area contributed by atoms with Crippen molar-refractivity contribution in [2.75, 3.05) is 19.3 Å². The normalized spacial score (nSPS) is 25.7. The molecular weight excluding hydrogens is 200 g/mol. The monoisotopic (exact) mass is 218 g/mol. The smallest absolute Gasteiger partial charge is 0.237 e. The first-order chi connectivity index (χ1) is 6.61. The van der Waals surface area contributed by atoms with E-state index in [1.807, 2.05) is 6.92 Å². The summed E-state index contributed by atoms with van der Waals surface area (Å²) < 4.78 is 11.0. The summed E-state index contributed by atoms with van der Waals surface area (Å²) in [6, 6.07) is -0.0347. The second kappa shape index (κ2) is 5.46. The van der Waals surface area contributed by atoms with Gasteiger partial charge in [-0.05, 0) is 26.3 Å². The van der Waals surface area contributed by atoms with Crippen LogP contribution in [0.25, 0.3) is 0 Å². The maximum Gasteiger partial charge on any atom is 0.237 e. The molecule has 5 heteroatoms. The van der Waals surface area contributed by atoms with Crippen molar-refractivity contribution < 1.29 is 9.00 Å². The number of nitrogens with one attached hydrogen (secondary N) is 2. The van der Waals surface area contributed by atoms with Crippen molar-refractivity contribution in [1.82, 2.24) is 10.6 Å². The SMILES string of the molecule is CC(CNC(=O)[C@@H]1CCCN1)S(C)=O. The molecule has 14 heavy (non-hydrogen) atoms. The zero-order chi connectivity index (χ0) is 10.6. The Morgan fingerprint density at radius 2 is 2.43 bits per heavy atom. The van der Waals surface area contributed by atoms with Crippen molar-refractivity contribution >= 4 is 16.7 Å². The van der Waals surface area contributed by atoms with Gasteiger partial charge in [-0.1, -0.05) is 0 Å². The van der Waals surface area contributed by atoms with Crippen LogP contribution in [0.1, 0.15) is 19.8 Å². The van der Waals surface area contributed by atoms with Gasteiger partial charge in [0.1, 0.15) is 0 Å². The van der Waals surface area contributed by atoms with Crippen LogP contribution in [0.2, 0.25) is 0 Å². The van der Waals surface area contributed by atoms with Gasteiger partial charge in [0.25, 0.3) is 0 Å². The van der Waals surface area contributed by atoms with E-state index in [9.17, 15) is 9.00 Å². The summed E-state index contributed by atoms with van der Waals surface area (Å²) in [6.45, 7) is 3.30. The Kier molecular flexibility index (Phi) is 4.54. The molecule has 0 radical (unpaired) electrons. The Morgan fingerprint density at radius 3 is 2.93 bits per heavy atom. The van der Waals surface area contributed by atoms with Gasteiger partial charge < -0.3 is 10.6 Å². The lowest BCUT2D eigenvalue weighted by Crippen LogP contribution is -2.43. The second-order valence-electron chi connectivity index (χ2n) is 3.70. The summed E-state index contributed by atoms with van der Waals surface area (Å²) >= 11 is 0. The van der Waals surface area contributed by atoms with Gasteiger partial charge >= 0.3 is 0 Å². The third-order valence-electron chi connectivity index (χ3n) is 2.51. The minimum absolute atomic E-state index is 0.0281. The lowest BCUT2D eigenvalue weighted by Gasteiger charge is -2.13. The van der Waals surface area contributed by atoms with Crippen molar-refractivity contribution in [3.8, 4) is 0 Å². The first kappa shape index (κ1) is 11.7. The van der Waals surface area contributed by atoms with E-state index in [0.29, 0.717) is 6.54 Å². The minimum atomic E-state index is -0.863. The molecule has 1 aliphatic heterocycles. The van der Waals surface area contributed by atoms with Gasteiger partial charge in [0, 0.05) is 28.9 Å². The Bertz CT molecular complexity index is 227. The van der Waals surface area contributed by atoms with Crippen LogP contribution in [-0.4, -0.2) is 40.8 Å². The van der Waals surface area contributed by atoms with Crippen LogP contribution >= 0.6 is 0 Å². The van der Waals surface area contributed by atoms with Crippen LogP contribution in [0.5, 0.6) is 0 Å². The van der Waals surface area contributed by atoms with Gasteiger partial charge in [0.2, 0.25) is 5.91 Å². The molecule has 2 unspecified atom stereocenters. The van der Waals surface area contributed by atoms with Crippen LogP contribution in [0.3, 0.4) is 0 Å². The van der Waals surface area contributed by atoms with Crippen molar-refractivity contribution in [2.45, 2.75) is 31.1 Å². The summed E-state index contributed by atoms with van der Waals surface area (Å²) in [5, 5.41) is 5.96. The molecule has 82 valence electrons. The van der Waals surface area contributed by atoms with E-state index in [1.165, 1.54) is 0 Å². The number of amides is 1. The summed E-state index contributed by atoms with van der Waals surface area (Å²) in [5.41, 5.74) is 0. The molecule has 0 aromatic rings. The van der Waals surface area contributed by atoms with Gasteiger partial charge in [-0.15, -0.1) is 0 Å². The molecule has 1 aliphatic rings. The minimum Gasteiger partial charge on any atom is -0.354 e. The highest BCUT2D eigenvalue weighted by Gasteiger charge is 2.22. The molecule has 1 saturated heterocycles. The quantitative estimate of drug-likeness (QED) is 0.676. The molecule has 1 rings (SSSR count). The predicted octanol–water partition coefficient (Wildman–Crippen LogP) is -0.378. The molecular formula is C9H18N2O2S. The molecule has 4 nitrogen and oxygen atoms in total. The number of carbonyl (C=O) groups excluding carboxylic acids is 1. The van der Waals surface area contributed by atoms with Gasteiger partial charge in [0.15, 0.2) is 0 Å². The predicted molar refractivity (Wildman–Crippen MR) is 57.6 cm³/mol. The first-order valence-corrected chi connectivity index (χ1v) is 6.56. The van der Waals surface area contributed by atoms with Crippen LogP contribution in [0.15, 0.2) is 0 Å². The molecule has 0 aliphatic carbocycles. The number of hydrogen-bond acceptors (Lipinski definition) is 3. The number of carbonyl (C=O) groups is 1. The average molecular weight is 218 g/mol. The Labute approximate surface area is 87.3 Å². The van der Waals surface area contributed by atoms with Crippen molar-refractivity contribution in [3.63, 3.8) is 0 Å². The maximum absolute atomic E-state index is 11.5. The summed E-state index contributed by atoms with van der Waals surface area (Å²) in [5.74, 6) is 0.0415. The Balaban J connectivity index is 2.23. The summed E-state index contributed by atoms with van der Waals surface area (Å²) in [4.78, 5) is 11.5. The van der Waals surface area contributed by atoms with Gasteiger partial charge in [-0.2, -0.15) is 0 Å². The molecule has 0 aromatic carbocycles. The fourth-order valence-electron chi connectivity index (χ4n) is 1.39. The van der Waals surface area contributed by atoms with Crippen molar-refractivity contribution in [2.24, 2.45) is 0 Å². The third-order valence-corrected chi connectivity index (χ3v) is 3.81. The van der Waals surface area contributed by atoms with Gasteiger partial charge in [-0.3, -0.25) is 9.00 Å². The largest absolute Gasteiger partial charge is 0.354 e. The van der Waals surface area contributed by atoms with E-state index in [2.05, 4.69) is 10.6 Å². The van der Waals surface area contributed by atoms with Gasteiger partial charge in [0.05, 0.1) is 6.04 Å². The topological polar surface area (TPSA) is 58.2 Å². The van der Waals surface area contributed by atoms with E-state index in [-0.39, 0.29) is 17.2 Å². The van der Waals surface area contributed by atoms with E-state index in [0.717, 1.165) is 19.4 Å². The summed E-state index contributed by atoms with van der Waals surface area (Å²) in [6.07, 6.45) is 3.63. The highest BCUT2D eigenvalue weighted by molar-refractivity contribution is 7.84. The van der Waals surface area contributed by atoms with Crippen molar-refractivity contribution in [1.29, 1.82) is 0 Å². The first-order valence-electron chi connectivity index (χ1n) is 4.94. The molecule has 0 bridgehead atoms. The molecule has 0 spiro atoms. The van der Waals surface area contributed by atoms with Gasteiger partial charge in [-0.25, -0.2) is 0 Å². The van der Waals surface area contributed by atoms with E-state index < -0.39 is 10.8 Å². The van der Waals surface area contributed by atoms with Crippen molar-refractivity contribution in [3.05, 3.63) is 0 Å². The van der Waals surface area contributed by atoms with Crippen LogP contribution in [-0.2, 0) is 15.6 Å². The zero-order valence-corrected chi connectivity index (χ0v) is 9.52. The maximum atomic E-state index is 11.5. The Morgan fingerprint density at radius 1 is 1.71 bits per heavy atom. The van der Waals surface area contributed by atoms with Crippen LogP contribution < -0.4 is 10.6 Å². The molecule has 0 saturated carbocycles. The number of hydrogen-bond donors (Lipinski definition) is 2. The molecule has 1 fully saturated rings. The fourth-order valence-corrected chi connectivity index (χ4v) is 1.71. The Hall–Kier alpha value is -0.420. The van der Waals surface area contributed by atoms with Crippen LogP contribution in [0, 0.1) is 0 Å². The van der Waals surface area contributed by atoms with Crippen LogP contribution in [0.4, 0.5) is 0 Å². The third kappa shape index (κ3) is 3.38. The zero-order valence-electron chi connectivity index (χ0n) is 8.71. The highest BCUT2D eigenvalue weighted by atomic mass is 32.2. The lowest BCUT2D eigenvalue weighted by molar-refractivity contribution is -0.122. The molecule has 1 amide bonds. The van der Waals surface area contributed by atoms with E-state index in [4.69, 9.17) is 0 Å². The van der Waals surface area contributed by atoms with E-state index >= 15 is 0 Å². The molecule has 3 atom stereocenters. The highest BCUT2D eigenvalue weighted by Crippen LogP contribution is 2.04. The van der Waals surface area contributed by atoms with E-state index in [1.54, 1.807) is 6.26 Å².